The van der Waals surface area contributed by atoms with Crippen LogP contribution in [0.4, 0.5) is 4.79 Å². The standard InChI is InChI=1S/C12H21N3O4/c1-15-7-6-9(8-15)13-12(19)14-10(16)4-2-3-5-11(17)18/h9H,2-8H2,1H3,(H,17,18)(H2,13,14,16,19). The highest BCUT2D eigenvalue weighted by atomic mass is 16.4. The number of imide groups is 1. The second-order valence-electron chi connectivity index (χ2n) is 4.87. The highest BCUT2D eigenvalue weighted by Crippen LogP contribution is 2.05. The molecule has 0 aromatic heterocycles. The van der Waals surface area contributed by atoms with E-state index in [1.54, 1.807) is 0 Å². The third-order valence-corrected chi connectivity index (χ3v) is 3.02. The zero-order chi connectivity index (χ0) is 14.3. The fourth-order valence-corrected chi connectivity index (χ4v) is 2.03. The molecule has 1 fully saturated rings. The number of amides is 3. The Bertz CT molecular complexity index is 346. The zero-order valence-electron chi connectivity index (χ0n) is 11.1. The maximum Gasteiger partial charge on any atom is 0.321 e. The Morgan fingerprint density at radius 3 is 2.53 bits per heavy atom. The van der Waals surface area contributed by atoms with Crippen LogP contribution in [-0.4, -0.2) is 54.1 Å². The number of aliphatic carboxylic acids is 1. The Morgan fingerprint density at radius 1 is 1.26 bits per heavy atom. The molecule has 0 aromatic rings. The summed E-state index contributed by atoms with van der Waals surface area (Å²) in [6, 6.07) is -0.381. The molecule has 1 aliphatic rings. The molecule has 0 spiro atoms. The number of hydrogen-bond donors (Lipinski definition) is 3. The van der Waals surface area contributed by atoms with Crippen LogP contribution in [0.3, 0.4) is 0 Å². The molecular weight excluding hydrogens is 250 g/mol. The predicted octanol–water partition coefficient (Wildman–Crippen LogP) is 0.161. The average Bonchev–Trinajstić information content (AvgIpc) is 2.69. The molecule has 1 heterocycles. The van der Waals surface area contributed by atoms with Crippen LogP contribution in [-0.2, 0) is 9.59 Å². The van der Waals surface area contributed by atoms with Crippen LogP contribution in [0.25, 0.3) is 0 Å². The molecule has 0 aromatic carbocycles. The number of likely N-dealkylation sites (tertiary alicyclic amines) is 1. The summed E-state index contributed by atoms with van der Waals surface area (Å²) in [6.45, 7) is 1.73. The topological polar surface area (TPSA) is 98.7 Å². The smallest absolute Gasteiger partial charge is 0.321 e. The zero-order valence-corrected chi connectivity index (χ0v) is 11.1. The second kappa shape index (κ2) is 7.73. The van der Waals surface area contributed by atoms with Gasteiger partial charge in [-0.15, -0.1) is 0 Å². The monoisotopic (exact) mass is 271 g/mol. The van der Waals surface area contributed by atoms with Gasteiger partial charge in [0.05, 0.1) is 0 Å². The van der Waals surface area contributed by atoms with Crippen LogP contribution >= 0.6 is 0 Å². The van der Waals surface area contributed by atoms with Crippen molar-refractivity contribution in [2.24, 2.45) is 0 Å². The van der Waals surface area contributed by atoms with Crippen LogP contribution in [0.1, 0.15) is 32.1 Å². The van der Waals surface area contributed by atoms with Crippen molar-refractivity contribution in [3.8, 4) is 0 Å². The van der Waals surface area contributed by atoms with Gasteiger partial charge in [0, 0.05) is 25.4 Å². The molecular formula is C12H21N3O4. The predicted molar refractivity (Wildman–Crippen MR) is 68.7 cm³/mol. The molecule has 0 radical (unpaired) electrons. The third-order valence-electron chi connectivity index (χ3n) is 3.02. The van der Waals surface area contributed by atoms with Crippen molar-refractivity contribution < 1.29 is 19.5 Å². The van der Waals surface area contributed by atoms with Crippen LogP contribution in [0, 0.1) is 0 Å². The SMILES string of the molecule is CN1CCC(NC(=O)NC(=O)CCCCC(=O)O)C1. The number of carbonyl (C=O) groups is 3. The lowest BCUT2D eigenvalue weighted by Gasteiger charge is -2.13. The number of carbonyl (C=O) groups excluding carboxylic acids is 2. The molecule has 1 saturated heterocycles. The Kier molecular flexibility index (Phi) is 6.27. The fraction of sp³-hybridized carbons (Fsp3) is 0.750. The van der Waals surface area contributed by atoms with Gasteiger partial charge >= 0.3 is 12.0 Å². The normalized spacial score (nSPS) is 19.1. The van der Waals surface area contributed by atoms with Gasteiger partial charge in [-0.2, -0.15) is 0 Å². The first kappa shape index (κ1) is 15.4. The highest BCUT2D eigenvalue weighted by molar-refractivity contribution is 5.94. The van der Waals surface area contributed by atoms with Crippen molar-refractivity contribution in [2.45, 2.75) is 38.1 Å². The third kappa shape index (κ3) is 6.76. The first-order valence-corrected chi connectivity index (χ1v) is 6.48. The molecule has 1 atom stereocenters. The minimum absolute atomic E-state index is 0.0495. The van der Waals surface area contributed by atoms with Crippen molar-refractivity contribution in [2.75, 3.05) is 20.1 Å². The molecule has 1 unspecified atom stereocenters. The lowest BCUT2D eigenvalue weighted by atomic mass is 10.2. The second-order valence-corrected chi connectivity index (χ2v) is 4.87. The molecule has 0 saturated carbocycles. The molecule has 0 aliphatic carbocycles. The first-order valence-electron chi connectivity index (χ1n) is 6.48. The molecule has 7 heteroatoms. The van der Waals surface area contributed by atoms with Crippen molar-refractivity contribution in [1.29, 1.82) is 0 Å². The maximum atomic E-state index is 11.5. The quantitative estimate of drug-likeness (QED) is 0.598. The molecule has 3 N–H and O–H groups in total. The van der Waals surface area contributed by atoms with E-state index < -0.39 is 12.0 Å². The molecule has 19 heavy (non-hydrogen) atoms. The summed E-state index contributed by atoms with van der Waals surface area (Å²) in [6.07, 6.45) is 2.02. The highest BCUT2D eigenvalue weighted by Gasteiger charge is 2.21. The summed E-state index contributed by atoms with van der Waals surface area (Å²) < 4.78 is 0. The molecule has 0 bridgehead atoms. The van der Waals surface area contributed by atoms with Crippen molar-refractivity contribution in [3.63, 3.8) is 0 Å². The van der Waals surface area contributed by atoms with Gasteiger partial charge in [-0.25, -0.2) is 4.79 Å². The van der Waals surface area contributed by atoms with Crippen molar-refractivity contribution in [3.05, 3.63) is 0 Å². The molecule has 1 aliphatic heterocycles. The average molecular weight is 271 g/mol. The van der Waals surface area contributed by atoms with E-state index in [0.717, 1.165) is 19.5 Å². The lowest BCUT2D eigenvalue weighted by molar-refractivity contribution is -0.137. The number of nitrogens with one attached hydrogen (secondary N) is 2. The van der Waals surface area contributed by atoms with Gasteiger partial charge in [0.15, 0.2) is 0 Å². The van der Waals surface area contributed by atoms with Crippen molar-refractivity contribution >= 4 is 17.9 Å². The Morgan fingerprint density at radius 2 is 1.95 bits per heavy atom. The van der Waals surface area contributed by atoms with E-state index in [2.05, 4.69) is 15.5 Å². The number of hydrogen-bond acceptors (Lipinski definition) is 4. The fourth-order valence-electron chi connectivity index (χ4n) is 2.03. The van der Waals surface area contributed by atoms with Gasteiger partial charge < -0.3 is 15.3 Å². The minimum Gasteiger partial charge on any atom is -0.481 e. The van der Waals surface area contributed by atoms with E-state index in [4.69, 9.17) is 5.11 Å². The first-order chi connectivity index (χ1) is 8.97. The Hall–Kier alpha value is -1.63. The molecule has 1 rings (SSSR count). The number of rotatable bonds is 6. The summed E-state index contributed by atoms with van der Waals surface area (Å²) in [7, 11) is 1.98. The van der Waals surface area contributed by atoms with Gasteiger partial charge in [0.25, 0.3) is 0 Å². The summed E-state index contributed by atoms with van der Waals surface area (Å²) >= 11 is 0. The number of likely N-dealkylation sites (N-methyl/N-ethyl adjacent to an activating group) is 1. The number of carboxylic acid groups (broad SMARTS) is 1. The molecule has 108 valence electrons. The Labute approximate surface area is 112 Å². The van der Waals surface area contributed by atoms with Gasteiger partial charge in [0.1, 0.15) is 0 Å². The molecule has 3 amide bonds. The summed E-state index contributed by atoms with van der Waals surface area (Å²) in [5.41, 5.74) is 0. The largest absolute Gasteiger partial charge is 0.481 e. The number of unbranched alkanes of at least 4 members (excludes halogenated alkanes) is 1. The van der Waals surface area contributed by atoms with E-state index in [1.165, 1.54) is 0 Å². The number of nitrogens with zero attached hydrogens (tertiary/aromatic N) is 1. The number of urea groups is 1. The van der Waals surface area contributed by atoms with Gasteiger partial charge in [-0.05, 0) is 32.9 Å². The van der Waals surface area contributed by atoms with E-state index in [0.29, 0.717) is 12.8 Å². The van der Waals surface area contributed by atoms with E-state index in [1.807, 2.05) is 7.05 Å². The summed E-state index contributed by atoms with van der Waals surface area (Å²) in [5.74, 6) is -1.24. The number of carboxylic acids is 1. The van der Waals surface area contributed by atoms with E-state index in [-0.39, 0.29) is 24.8 Å². The van der Waals surface area contributed by atoms with E-state index in [9.17, 15) is 14.4 Å². The summed E-state index contributed by atoms with van der Waals surface area (Å²) in [5, 5.41) is 13.4. The molecule has 7 nitrogen and oxygen atoms in total. The van der Waals surface area contributed by atoms with Crippen LogP contribution < -0.4 is 10.6 Å². The summed E-state index contributed by atoms with van der Waals surface area (Å²) in [4.78, 5) is 35.3. The van der Waals surface area contributed by atoms with Gasteiger partial charge in [-0.3, -0.25) is 14.9 Å². The van der Waals surface area contributed by atoms with Crippen LogP contribution in [0.15, 0.2) is 0 Å². The van der Waals surface area contributed by atoms with E-state index >= 15 is 0 Å². The lowest BCUT2D eigenvalue weighted by Crippen LogP contribution is -2.45. The minimum atomic E-state index is -0.872. The van der Waals surface area contributed by atoms with Gasteiger partial charge in [-0.1, -0.05) is 0 Å². The Balaban J connectivity index is 2.10. The van der Waals surface area contributed by atoms with Gasteiger partial charge in [0.2, 0.25) is 5.91 Å². The van der Waals surface area contributed by atoms with Crippen LogP contribution in [0.5, 0.6) is 0 Å². The van der Waals surface area contributed by atoms with Crippen LogP contribution in [0.2, 0.25) is 0 Å². The maximum absolute atomic E-state index is 11.5. The van der Waals surface area contributed by atoms with Crippen molar-refractivity contribution in [1.82, 2.24) is 15.5 Å².